The average Bonchev–Trinajstić information content (AvgIpc) is 3.26. The van der Waals surface area contributed by atoms with Gasteiger partial charge in [0, 0.05) is 29.9 Å². The lowest BCUT2D eigenvalue weighted by Crippen LogP contribution is -2.36. The molecule has 0 saturated carbocycles. The summed E-state index contributed by atoms with van der Waals surface area (Å²) in [4.78, 5) is 24.0. The summed E-state index contributed by atoms with van der Waals surface area (Å²) < 4.78 is 7.17. The van der Waals surface area contributed by atoms with Crippen molar-refractivity contribution in [2.45, 2.75) is 39.0 Å². The molecular weight excluding hydrogens is 482 g/mol. The first-order valence-corrected chi connectivity index (χ1v) is 13.5. The minimum atomic E-state index is 0.0217. The topological polar surface area (TPSA) is 79.4 Å². The molecule has 0 spiro atoms. The quantitative estimate of drug-likeness (QED) is 0.294. The molecule has 0 unspecified atom stereocenters. The van der Waals surface area contributed by atoms with Gasteiger partial charge in [-0.1, -0.05) is 44.2 Å². The molecule has 1 saturated heterocycles. The molecule has 192 valence electrons. The van der Waals surface area contributed by atoms with E-state index in [0.29, 0.717) is 17.3 Å². The van der Waals surface area contributed by atoms with Gasteiger partial charge < -0.3 is 20.3 Å². The third-order valence-corrected chi connectivity index (χ3v) is 7.60. The number of hydrogen-bond donors (Lipinski definition) is 2. The van der Waals surface area contributed by atoms with Crippen LogP contribution in [-0.2, 0) is 10.2 Å². The molecule has 7 nitrogen and oxygen atoms in total. The van der Waals surface area contributed by atoms with Crippen molar-refractivity contribution in [3.05, 3.63) is 66.4 Å². The van der Waals surface area contributed by atoms with E-state index in [1.54, 1.807) is 29.7 Å². The molecule has 2 N–H and O–H groups in total. The van der Waals surface area contributed by atoms with Gasteiger partial charge >= 0.3 is 0 Å². The number of fused-ring (bicyclic) bond motifs is 1. The Bertz CT molecular complexity index is 1400. The molecule has 1 aliphatic rings. The van der Waals surface area contributed by atoms with E-state index in [2.05, 4.69) is 72.6 Å². The van der Waals surface area contributed by atoms with E-state index in [1.807, 2.05) is 18.2 Å². The second-order valence-corrected chi connectivity index (χ2v) is 11.7. The van der Waals surface area contributed by atoms with Crippen molar-refractivity contribution in [2.75, 3.05) is 30.8 Å². The van der Waals surface area contributed by atoms with Crippen LogP contribution in [0.25, 0.3) is 10.2 Å². The lowest BCUT2D eigenvalue weighted by molar-refractivity contribution is -0.121. The van der Waals surface area contributed by atoms with Crippen LogP contribution in [0.5, 0.6) is 11.5 Å². The summed E-state index contributed by atoms with van der Waals surface area (Å²) in [5, 5.41) is 7.23. The number of rotatable bonds is 6. The predicted octanol–water partition coefficient (Wildman–Crippen LogP) is 6.81. The van der Waals surface area contributed by atoms with Gasteiger partial charge in [-0.2, -0.15) is 0 Å². The van der Waals surface area contributed by atoms with Gasteiger partial charge in [-0.3, -0.25) is 4.79 Å². The number of nitrogens with one attached hydrogen (secondary N) is 2. The van der Waals surface area contributed by atoms with Crippen LogP contribution in [0.2, 0.25) is 0 Å². The number of anilines is 3. The molecular formula is C29H33N5O2S. The summed E-state index contributed by atoms with van der Waals surface area (Å²) in [5.74, 6) is 1.83. The van der Waals surface area contributed by atoms with E-state index >= 15 is 0 Å². The fourth-order valence-corrected chi connectivity index (χ4v) is 5.26. The van der Waals surface area contributed by atoms with Crippen LogP contribution < -0.4 is 15.4 Å². The molecule has 2 aromatic carbocycles. The van der Waals surface area contributed by atoms with Gasteiger partial charge in [0.25, 0.3) is 0 Å². The van der Waals surface area contributed by atoms with E-state index in [4.69, 9.17) is 9.72 Å². The second kappa shape index (κ2) is 10.5. The Labute approximate surface area is 221 Å². The van der Waals surface area contributed by atoms with Crippen molar-refractivity contribution in [1.82, 2.24) is 14.9 Å². The molecule has 0 aliphatic carbocycles. The number of thiazole rings is 1. The third-order valence-electron chi connectivity index (χ3n) is 6.65. The highest BCUT2D eigenvalue weighted by Gasteiger charge is 2.23. The Morgan fingerprint density at radius 2 is 1.84 bits per heavy atom. The first-order chi connectivity index (χ1) is 17.7. The summed E-state index contributed by atoms with van der Waals surface area (Å²) in [7, 11) is 2.09. The second-order valence-electron chi connectivity index (χ2n) is 10.7. The first-order valence-electron chi connectivity index (χ1n) is 12.6. The lowest BCUT2D eigenvalue weighted by atomic mass is 9.87. The summed E-state index contributed by atoms with van der Waals surface area (Å²) in [6.45, 7) is 8.50. The maximum atomic E-state index is 12.7. The molecule has 0 bridgehead atoms. The Morgan fingerprint density at radius 3 is 2.62 bits per heavy atom. The Kier molecular flexibility index (Phi) is 7.13. The zero-order valence-electron chi connectivity index (χ0n) is 21.7. The monoisotopic (exact) mass is 515 g/mol. The van der Waals surface area contributed by atoms with Gasteiger partial charge in [-0.05, 0) is 74.3 Å². The summed E-state index contributed by atoms with van der Waals surface area (Å²) in [5.41, 5.74) is 3.24. The van der Waals surface area contributed by atoms with Gasteiger partial charge in [0.15, 0.2) is 5.13 Å². The number of nitrogens with zero attached hydrogens (tertiary/aromatic N) is 3. The van der Waals surface area contributed by atoms with Crippen molar-refractivity contribution < 1.29 is 9.53 Å². The van der Waals surface area contributed by atoms with E-state index in [9.17, 15) is 4.79 Å². The Hall–Kier alpha value is -3.49. The van der Waals surface area contributed by atoms with Gasteiger partial charge in [0.1, 0.15) is 17.3 Å². The van der Waals surface area contributed by atoms with Crippen LogP contribution in [0.3, 0.4) is 0 Å². The molecule has 0 radical (unpaired) electrons. The molecule has 2 aromatic heterocycles. The minimum Gasteiger partial charge on any atom is -0.457 e. The largest absolute Gasteiger partial charge is 0.457 e. The number of pyridine rings is 1. The van der Waals surface area contributed by atoms with Gasteiger partial charge in [0.05, 0.1) is 10.2 Å². The molecule has 3 heterocycles. The summed E-state index contributed by atoms with van der Waals surface area (Å²) >= 11 is 1.61. The highest BCUT2D eigenvalue weighted by Crippen LogP contribution is 2.33. The molecule has 0 atom stereocenters. The summed E-state index contributed by atoms with van der Waals surface area (Å²) in [6.07, 6.45) is 3.38. The smallest absolute Gasteiger partial charge is 0.228 e. The molecule has 37 heavy (non-hydrogen) atoms. The number of benzene rings is 2. The molecule has 4 aromatic rings. The molecule has 5 rings (SSSR count). The number of piperidine rings is 1. The van der Waals surface area contributed by atoms with Crippen molar-refractivity contribution in [2.24, 2.45) is 5.92 Å². The average molecular weight is 516 g/mol. The molecule has 1 aliphatic heterocycles. The van der Waals surface area contributed by atoms with Gasteiger partial charge in [-0.15, -0.1) is 0 Å². The van der Waals surface area contributed by atoms with Crippen molar-refractivity contribution >= 4 is 44.1 Å². The number of amides is 1. The lowest BCUT2D eigenvalue weighted by Gasteiger charge is -2.27. The number of likely N-dealkylation sites (tertiary alicyclic amines) is 1. The standard InChI is InChI=1S/C29H33N5O2S/c1-29(2,3)20-6-5-7-21(16-20)31-28-32-24-17-22(8-9-25(24)37-28)36-23-10-13-30-26(18-23)33-27(35)19-11-14-34(4)15-12-19/h5-10,13,16-19H,11-12,14-15H2,1-4H3,(H,31,32)(H,30,33,35). The third kappa shape index (κ3) is 6.26. The highest BCUT2D eigenvalue weighted by atomic mass is 32.1. The Balaban J connectivity index is 1.26. The fourth-order valence-electron chi connectivity index (χ4n) is 4.39. The highest BCUT2D eigenvalue weighted by molar-refractivity contribution is 7.22. The first kappa shape index (κ1) is 25.2. The van der Waals surface area contributed by atoms with Crippen molar-refractivity contribution in [3.63, 3.8) is 0 Å². The number of aromatic nitrogens is 2. The summed E-state index contributed by atoms with van der Waals surface area (Å²) in [6, 6.07) is 17.9. The van der Waals surface area contributed by atoms with E-state index in [0.717, 1.165) is 47.0 Å². The fraction of sp³-hybridized carbons (Fsp3) is 0.345. The number of hydrogen-bond acceptors (Lipinski definition) is 7. The SMILES string of the molecule is CN1CCC(C(=O)Nc2cc(Oc3ccc4sc(Nc5cccc(C(C)(C)C)c5)nc4c3)ccn2)CC1. The predicted molar refractivity (Wildman–Crippen MR) is 151 cm³/mol. The number of ether oxygens (including phenoxy) is 1. The minimum absolute atomic E-state index is 0.0217. The van der Waals surface area contributed by atoms with Crippen LogP contribution in [0.1, 0.15) is 39.2 Å². The maximum Gasteiger partial charge on any atom is 0.228 e. The van der Waals surface area contributed by atoms with E-state index < -0.39 is 0 Å². The van der Waals surface area contributed by atoms with Gasteiger partial charge in [-0.25, -0.2) is 9.97 Å². The maximum absolute atomic E-state index is 12.7. The number of carbonyl (C=O) groups is 1. The van der Waals surface area contributed by atoms with Crippen LogP contribution in [0.15, 0.2) is 60.8 Å². The normalized spacial score (nSPS) is 15.0. The Morgan fingerprint density at radius 1 is 1.05 bits per heavy atom. The van der Waals surface area contributed by atoms with Crippen molar-refractivity contribution in [1.29, 1.82) is 0 Å². The molecule has 8 heteroatoms. The van der Waals surface area contributed by atoms with E-state index in [-0.39, 0.29) is 17.2 Å². The zero-order chi connectivity index (χ0) is 26.0. The molecule has 1 fully saturated rings. The van der Waals surface area contributed by atoms with Crippen LogP contribution >= 0.6 is 11.3 Å². The van der Waals surface area contributed by atoms with Crippen molar-refractivity contribution in [3.8, 4) is 11.5 Å². The molecule has 1 amide bonds. The van der Waals surface area contributed by atoms with Gasteiger partial charge in [0.2, 0.25) is 5.91 Å². The van der Waals surface area contributed by atoms with Crippen LogP contribution in [0, 0.1) is 5.92 Å². The van der Waals surface area contributed by atoms with Crippen LogP contribution in [0.4, 0.5) is 16.6 Å². The zero-order valence-corrected chi connectivity index (χ0v) is 22.6. The number of carbonyl (C=O) groups excluding carboxylic acids is 1. The van der Waals surface area contributed by atoms with Crippen LogP contribution in [-0.4, -0.2) is 40.9 Å². The van der Waals surface area contributed by atoms with E-state index in [1.165, 1.54) is 5.56 Å².